The van der Waals surface area contributed by atoms with E-state index in [0.29, 0.717) is 13.3 Å². The highest BCUT2D eigenvalue weighted by atomic mass is 35.5. The average Bonchev–Trinajstić information content (AvgIpc) is 2.89. The molecule has 3 rings (SSSR count). The van der Waals surface area contributed by atoms with Gasteiger partial charge in [0.2, 0.25) is 5.96 Å². The minimum Gasteiger partial charge on any atom is -0.494 e. The first-order valence-electron chi connectivity index (χ1n) is 6.51. The molecule has 1 aromatic carbocycles. The van der Waals surface area contributed by atoms with E-state index in [1.807, 2.05) is 41.6 Å². The zero-order valence-corrected chi connectivity index (χ0v) is 11.7. The predicted octanol–water partition coefficient (Wildman–Crippen LogP) is 2.55. The van der Waals surface area contributed by atoms with Gasteiger partial charge in [-0.3, -0.25) is 0 Å². The normalized spacial score (nSPS) is 17.2. The number of fused-ring (bicyclic) bond motifs is 1. The summed E-state index contributed by atoms with van der Waals surface area (Å²) in [6.45, 7) is 2.19. The average molecular weight is 291 g/mol. The number of nitrogens with zero attached hydrogens (tertiary/aromatic N) is 4. The summed E-state index contributed by atoms with van der Waals surface area (Å²) in [7, 11) is 0. The molecule has 0 atom stereocenters. The Morgan fingerprint density at radius 2 is 2.10 bits per heavy atom. The third kappa shape index (κ3) is 3.00. The van der Waals surface area contributed by atoms with Crippen molar-refractivity contribution < 1.29 is 4.74 Å². The van der Waals surface area contributed by atoms with Gasteiger partial charge in [-0.15, -0.1) is 0 Å². The number of rotatable bonds is 5. The van der Waals surface area contributed by atoms with E-state index >= 15 is 0 Å². The van der Waals surface area contributed by atoms with Crippen LogP contribution in [-0.2, 0) is 0 Å². The molecule has 0 saturated carbocycles. The molecule has 0 fully saturated rings. The van der Waals surface area contributed by atoms with E-state index < -0.39 is 0 Å². The lowest BCUT2D eigenvalue weighted by Gasteiger charge is -2.26. The molecule has 2 heterocycles. The molecule has 2 aliphatic heterocycles. The summed E-state index contributed by atoms with van der Waals surface area (Å²) in [5.41, 5.74) is 0. The molecule has 20 heavy (non-hydrogen) atoms. The molecule has 2 aliphatic rings. The largest absolute Gasteiger partial charge is 0.494 e. The fourth-order valence-corrected chi connectivity index (χ4v) is 2.17. The zero-order chi connectivity index (χ0) is 13.8. The van der Waals surface area contributed by atoms with E-state index in [-0.39, 0.29) is 0 Å². The highest BCUT2D eigenvalue weighted by Crippen LogP contribution is 2.16. The molecule has 0 aromatic heterocycles. The lowest BCUT2D eigenvalue weighted by atomic mass is 10.3. The summed E-state index contributed by atoms with van der Waals surface area (Å²) in [5, 5.41) is 4.83. The molecule has 104 valence electrons. The van der Waals surface area contributed by atoms with Gasteiger partial charge >= 0.3 is 0 Å². The van der Waals surface area contributed by atoms with Gasteiger partial charge in [-0.1, -0.05) is 11.6 Å². The fraction of sp³-hybridized carbons (Fsp3) is 0.286. The maximum absolute atomic E-state index is 5.83. The van der Waals surface area contributed by atoms with E-state index in [0.717, 1.165) is 29.7 Å². The van der Waals surface area contributed by atoms with Crippen molar-refractivity contribution in [3.63, 3.8) is 0 Å². The summed E-state index contributed by atoms with van der Waals surface area (Å²) in [6.07, 6.45) is 6.54. The van der Waals surface area contributed by atoms with Crippen LogP contribution < -0.4 is 4.74 Å². The quantitative estimate of drug-likeness (QED) is 0.783. The number of aliphatic imine (C=N–C) groups is 2. The van der Waals surface area contributed by atoms with E-state index in [1.54, 1.807) is 6.21 Å². The van der Waals surface area contributed by atoms with Crippen LogP contribution in [0.5, 0.6) is 5.75 Å². The third-order valence-corrected chi connectivity index (χ3v) is 3.28. The number of ether oxygens (including phenoxy) is 1. The molecule has 0 aliphatic carbocycles. The molecule has 0 saturated heterocycles. The zero-order valence-electron chi connectivity index (χ0n) is 10.9. The second kappa shape index (κ2) is 6.07. The van der Waals surface area contributed by atoms with Crippen molar-refractivity contribution >= 4 is 23.8 Å². The third-order valence-electron chi connectivity index (χ3n) is 3.03. The van der Waals surface area contributed by atoms with E-state index in [2.05, 4.69) is 15.0 Å². The van der Waals surface area contributed by atoms with Gasteiger partial charge in [-0.2, -0.15) is 5.01 Å². The van der Waals surface area contributed by atoms with E-state index in [1.165, 1.54) is 0 Å². The second-order valence-corrected chi connectivity index (χ2v) is 4.89. The molecule has 0 unspecified atom stereocenters. The van der Waals surface area contributed by atoms with E-state index in [4.69, 9.17) is 16.3 Å². The van der Waals surface area contributed by atoms with Crippen molar-refractivity contribution in [3.05, 3.63) is 41.6 Å². The molecule has 0 N–H and O–H groups in total. The minimum absolute atomic E-state index is 0.651. The number of hydrogen-bond donors (Lipinski definition) is 0. The van der Waals surface area contributed by atoms with Crippen LogP contribution >= 0.6 is 11.6 Å². The lowest BCUT2D eigenvalue weighted by molar-refractivity contribution is 0.106. The molecule has 0 amide bonds. The first kappa shape index (κ1) is 13.1. The Hall–Kier alpha value is -1.85. The predicted molar refractivity (Wildman–Crippen MR) is 80.0 cm³/mol. The first-order valence-corrected chi connectivity index (χ1v) is 6.88. The molecule has 5 nitrogen and oxygen atoms in total. The van der Waals surface area contributed by atoms with Gasteiger partial charge < -0.3 is 4.74 Å². The molecule has 0 bridgehead atoms. The van der Waals surface area contributed by atoms with Gasteiger partial charge in [-0.25, -0.2) is 15.0 Å². The Labute approximate surface area is 122 Å². The first-order chi connectivity index (χ1) is 9.83. The molecule has 0 spiro atoms. The van der Waals surface area contributed by atoms with Crippen LogP contribution in [-0.4, -0.2) is 42.0 Å². The van der Waals surface area contributed by atoms with Crippen molar-refractivity contribution in [1.82, 2.24) is 10.0 Å². The number of halogens is 1. The Morgan fingerprint density at radius 1 is 1.25 bits per heavy atom. The van der Waals surface area contributed by atoms with Gasteiger partial charge in [0.25, 0.3) is 0 Å². The van der Waals surface area contributed by atoms with Gasteiger partial charge in [0.1, 0.15) is 12.4 Å². The van der Waals surface area contributed by atoms with Crippen LogP contribution in [0, 0.1) is 0 Å². The van der Waals surface area contributed by atoms with Crippen LogP contribution in [0.4, 0.5) is 0 Å². The summed E-state index contributed by atoms with van der Waals surface area (Å²) in [5.74, 6) is 1.60. The Balaban J connectivity index is 1.42. The number of allylic oxidation sites excluding steroid dienone is 1. The second-order valence-electron chi connectivity index (χ2n) is 4.45. The molecular weight excluding hydrogens is 276 g/mol. The van der Waals surface area contributed by atoms with Crippen molar-refractivity contribution in [2.45, 2.75) is 6.42 Å². The lowest BCUT2D eigenvalue weighted by Crippen LogP contribution is -2.38. The maximum Gasteiger partial charge on any atom is 0.241 e. The number of hydrazine groups is 1. The molecule has 6 heteroatoms. The molecule has 0 radical (unpaired) electrons. The standard InChI is InChI=1S/C14H15ClN4O/c15-12-3-5-13(6-4-12)20-10-2-8-18-11-17-14-16-7-1-9-19(14)18/h1,3-7,9H,2,8,10-11H2. The minimum atomic E-state index is 0.651. The molecular formula is C14H15ClN4O. The fourth-order valence-electron chi connectivity index (χ4n) is 2.05. The van der Waals surface area contributed by atoms with Crippen molar-refractivity contribution in [2.75, 3.05) is 19.8 Å². The van der Waals surface area contributed by atoms with Crippen molar-refractivity contribution in [1.29, 1.82) is 0 Å². The topological polar surface area (TPSA) is 40.4 Å². The number of hydrogen-bond acceptors (Lipinski definition) is 5. The van der Waals surface area contributed by atoms with Crippen LogP contribution in [0.2, 0.25) is 5.02 Å². The summed E-state index contributed by atoms with van der Waals surface area (Å²) in [6, 6.07) is 7.41. The number of benzene rings is 1. The van der Waals surface area contributed by atoms with Crippen LogP contribution in [0.25, 0.3) is 0 Å². The van der Waals surface area contributed by atoms with Crippen LogP contribution in [0.15, 0.2) is 46.5 Å². The van der Waals surface area contributed by atoms with Crippen molar-refractivity contribution in [2.24, 2.45) is 9.98 Å². The monoisotopic (exact) mass is 290 g/mol. The SMILES string of the molecule is Clc1ccc(OCCCN2CN=C3N=CC=CN32)cc1. The van der Waals surface area contributed by atoms with Gasteiger partial charge in [0.15, 0.2) is 0 Å². The van der Waals surface area contributed by atoms with Crippen molar-refractivity contribution in [3.8, 4) is 5.75 Å². The van der Waals surface area contributed by atoms with Crippen LogP contribution in [0.1, 0.15) is 6.42 Å². The number of guanidine groups is 1. The highest BCUT2D eigenvalue weighted by Gasteiger charge is 2.23. The maximum atomic E-state index is 5.83. The van der Waals surface area contributed by atoms with Gasteiger partial charge in [-0.05, 0) is 36.8 Å². The summed E-state index contributed by atoms with van der Waals surface area (Å²) < 4.78 is 5.67. The van der Waals surface area contributed by atoms with Gasteiger partial charge in [0, 0.05) is 24.0 Å². The van der Waals surface area contributed by atoms with E-state index in [9.17, 15) is 0 Å². The Morgan fingerprint density at radius 3 is 2.95 bits per heavy atom. The van der Waals surface area contributed by atoms with Gasteiger partial charge in [0.05, 0.1) is 6.61 Å². The summed E-state index contributed by atoms with van der Waals surface area (Å²) in [4.78, 5) is 8.55. The highest BCUT2D eigenvalue weighted by molar-refractivity contribution is 6.30. The summed E-state index contributed by atoms with van der Waals surface area (Å²) >= 11 is 5.83. The van der Waals surface area contributed by atoms with Crippen LogP contribution in [0.3, 0.4) is 0 Å². The Kier molecular flexibility index (Phi) is 3.99. The Bertz CT molecular complexity index is 553. The smallest absolute Gasteiger partial charge is 0.241 e. The molecule has 1 aromatic rings.